The summed E-state index contributed by atoms with van der Waals surface area (Å²) in [6, 6.07) is 4.95. The number of halogens is 2. The lowest BCUT2D eigenvalue weighted by atomic mass is 9.98. The minimum absolute atomic E-state index is 0.273. The summed E-state index contributed by atoms with van der Waals surface area (Å²) in [5, 5.41) is 0. The number of aromatic nitrogens is 1. The van der Waals surface area contributed by atoms with E-state index in [1.54, 1.807) is 6.07 Å². The van der Waals surface area contributed by atoms with Crippen molar-refractivity contribution in [2.75, 3.05) is 0 Å². The smallest absolute Gasteiger partial charge is 0.150 e. The second kappa shape index (κ2) is 4.53. The fourth-order valence-electron chi connectivity index (χ4n) is 2.31. The minimum Gasteiger partial charge on any atom is -0.298 e. The minimum atomic E-state index is -0.643. The van der Waals surface area contributed by atoms with Crippen LogP contribution in [0, 0.1) is 11.6 Å². The molecular weight excluding hydrogens is 248 g/mol. The van der Waals surface area contributed by atoms with Gasteiger partial charge in [0.25, 0.3) is 0 Å². The molecule has 0 saturated heterocycles. The van der Waals surface area contributed by atoms with Crippen LogP contribution >= 0.6 is 0 Å². The van der Waals surface area contributed by atoms with Crippen LogP contribution in [0.3, 0.4) is 0 Å². The van der Waals surface area contributed by atoms with Gasteiger partial charge in [0.1, 0.15) is 17.9 Å². The Morgan fingerprint density at radius 1 is 1.16 bits per heavy atom. The lowest BCUT2D eigenvalue weighted by Gasteiger charge is -2.10. The summed E-state index contributed by atoms with van der Waals surface area (Å²) in [5.41, 5.74) is 2.24. The second-order valence-electron chi connectivity index (χ2n) is 4.71. The molecule has 96 valence electrons. The molecule has 2 aromatic rings. The number of hydrogen-bond acceptors (Lipinski definition) is 2. The molecule has 1 aromatic heterocycles. The molecule has 0 spiro atoms. The maximum Gasteiger partial charge on any atom is 0.150 e. The summed E-state index contributed by atoms with van der Waals surface area (Å²) in [6.07, 6.45) is 4.23. The van der Waals surface area contributed by atoms with E-state index in [1.165, 1.54) is 18.3 Å². The molecule has 4 heteroatoms. The van der Waals surface area contributed by atoms with Crippen LogP contribution in [0.5, 0.6) is 0 Å². The first-order valence-electron chi connectivity index (χ1n) is 6.09. The van der Waals surface area contributed by atoms with E-state index in [-0.39, 0.29) is 5.92 Å². The van der Waals surface area contributed by atoms with Gasteiger partial charge in [0.05, 0.1) is 5.69 Å². The third-order valence-corrected chi connectivity index (χ3v) is 3.27. The Labute approximate surface area is 109 Å². The van der Waals surface area contributed by atoms with Crippen molar-refractivity contribution in [3.8, 4) is 11.3 Å². The highest BCUT2D eigenvalue weighted by molar-refractivity contribution is 5.82. The SMILES string of the molecule is O=Cc1ccnc(-c2cc(F)cc(F)c2)c1C1CC1. The zero-order valence-corrected chi connectivity index (χ0v) is 10.1. The fourth-order valence-corrected chi connectivity index (χ4v) is 2.31. The number of aldehydes is 1. The molecule has 2 nitrogen and oxygen atoms in total. The number of pyridine rings is 1. The molecular formula is C15H11F2NO. The van der Waals surface area contributed by atoms with Crippen molar-refractivity contribution in [2.45, 2.75) is 18.8 Å². The molecule has 1 saturated carbocycles. The monoisotopic (exact) mass is 259 g/mol. The molecule has 0 unspecified atom stereocenters. The van der Waals surface area contributed by atoms with E-state index in [2.05, 4.69) is 4.98 Å². The van der Waals surface area contributed by atoms with Crippen LogP contribution in [0.1, 0.15) is 34.7 Å². The molecule has 0 amide bonds. The average molecular weight is 259 g/mol. The summed E-state index contributed by atoms with van der Waals surface area (Å²) in [5.74, 6) is -1.01. The van der Waals surface area contributed by atoms with E-state index in [0.29, 0.717) is 16.8 Å². The Morgan fingerprint density at radius 2 is 1.84 bits per heavy atom. The van der Waals surface area contributed by atoms with Crippen LogP contribution in [0.2, 0.25) is 0 Å². The topological polar surface area (TPSA) is 30.0 Å². The largest absolute Gasteiger partial charge is 0.298 e. The first-order chi connectivity index (χ1) is 9.19. The van der Waals surface area contributed by atoms with Gasteiger partial charge in [-0.25, -0.2) is 8.78 Å². The van der Waals surface area contributed by atoms with E-state index in [1.807, 2.05) is 0 Å². The Hall–Kier alpha value is -2.10. The molecule has 0 N–H and O–H groups in total. The first-order valence-corrected chi connectivity index (χ1v) is 6.09. The van der Waals surface area contributed by atoms with Crippen molar-refractivity contribution in [1.29, 1.82) is 0 Å². The summed E-state index contributed by atoms with van der Waals surface area (Å²) in [6.45, 7) is 0. The standard InChI is InChI=1S/C15H11F2NO/c16-12-5-11(6-13(17)7-12)15-14(9-1-2-9)10(8-19)3-4-18-15/h3-9H,1-2H2. The molecule has 0 atom stereocenters. The number of carbonyl (C=O) groups excluding carboxylic acids is 1. The van der Waals surface area contributed by atoms with Crippen LogP contribution in [0.4, 0.5) is 8.78 Å². The summed E-state index contributed by atoms with van der Waals surface area (Å²) in [7, 11) is 0. The van der Waals surface area contributed by atoms with Crippen LogP contribution < -0.4 is 0 Å². The quantitative estimate of drug-likeness (QED) is 0.786. The molecule has 0 bridgehead atoms. The predicted octanol–water partition coefficient (Wildman–Crippen LogP) is 3.72. The van der Waals surface area contributed by atoms with Crippen molar-refractivity contribution in [2.24, 2.45) is 0 Å². The van der Waals surface area contributed by atoms with Gasteiger partial charge < -0.3 is 0 Å². The molecule has 0 aliphatic heterocycles. The third kappa shape index (κ3) is 2.26. The zero-order valence-electron chi connectivity index (χ0n) is 10.1. The Balaban J connectivity index is 2.21. The lowest BCUT2D eigenvalue weighted by Crippen LogP contribution is -1.98. The van der Waals surface area contributed by atoms with Crippen LogP contribution in [-0.4, -0.2) is 11.3 Å². The molecule has 1 aliphatic rings. The fraction of sp³-hybridized carbons (Fsp3) is 0.200. The normalized spacial score (nSPS) is 14.4. The zero-order chi connectivity index (χ0) is 13.4. The van der Waals surface area contributed by atoms with Gasteiger partial charge in [0.2, 0.25) is 0 Å². The van der Waals surface area contributed by atoms with Gasteiger partial charge in [-0.3, -0.25) is 9.78 Å². The number of nitrogens with zero attached hydrogens (tertiary/aromatic N) is 1. The van der Waals surface area contributed by atoms with Gasteiger partial charge >= 0.3 is 0 Å². The van der Waals surface area contributed by atoms with Crippen molar-refractivity contribution in [1.82, 2.24) is 4.98 Å². The van der Waals surface area contributed by atoms with Crippen LogP contribution in [-0.2, 0) is 0 Å². The van der Waals surface area contributed by atoms with Gasteiger partial charge in [0, 0.05) is 23.4 Å². The third-order valence-electron chi connectivity index (χ3n) is 3.27. The highest BCUT2D eigenvalue weighted by atomic mass is 19.1. The van der Waals surface area contributed by atoms with E-state index >= 15 is 0 Å². The predicted molar refractivity (Wildman–Crippen MR) is 67.0 cm³/mol. The van der Waals surface area contributed by atoms with Crippen LogP contribution in [0.25, 0.3) is 11.3 Å². The van der Waals surface area contributed by atoms with E-state index < -0.39 is 11.6 Å². The molecule has 19 heavy (non-hydrogen) atoms. The second-order valence-corrected chi connectivity index (χ2v) is 4.71. The lowest BCUT2D eigenvalue weighted by molar-refractivity contribution is 0.112. The first kappa shape index (κ1) is 12.0. The molecule has 1 heterocycles. The summed E-state index contributed by atoms with van der Waals surface area (Å²) < 4.78 is 26.6. The van der Waals surface area contributed by atoms with E-state index in [9.17, 15) is 13.6 Å². The number of benzene rings is 1. The maximum absolute atomic E-state index is 13.3. The summed E-state index contributed by atoms with van der Waals surface area (Å²) >= 11 is 0. The molecule has 0 radical (unpaired) electrons. The van der Waals surface area contributed by atoms with Crippen molar-refractivity contribution in [3.63, 3.8) is 0 Å². The number of rotatable bonds is 3. The summed E-state index contributed by atoms with van der Waals surface area (Å²) in [4.78, 5) is 15.3. The highest BCUT2D eigenvalue weighted by Crippen LogP contribution is 2.45. The number of hydrogen-bond donors (Lipinski definition) is 0. The molecule has 1 fully saturated rings. The highest BCUT2D eigenvalue weighted by Gasteiger charge is 2.29. The van der Waals surface area contributed by atoms with E-state index in [0.717, 1.165) is 30.8 Å². The van der Waals surface area contributed by atoms with E-state index in [4.69, 9.17) is 0 Å². The average Bonchev–Trinajstić information content (AvgIpc) is 3.20. The van der Waals surface area contributed by atoms with Gasteiger partial charge in [-0.15, -0.1) is 0 Å². The maximum atomic E-state index is 13.3. The van der Waals surface area contributed by atoms with Gasteiger partial charge in [-0.1, -0.05) is 0 Å². The van der Waals surface area contributed by atoms with Gasteiger partial charge in [0.15, 0.2) is 0 Å². The number of carbonyl (C=O) groups is 1. The van der Waals surface area contributed by atoms with Crippen LogP contribution in [0.15, 0.2) is 30.5 Å². The van der Waals surface area contributed by atoms with Gasteiger partial charge in [-0.2, -0.15) is 0 Å². The van der Waals surface area contributed by atoms with Crippen molar-refractivity contribution in [3.05, 3.63) is 53.2 Å². The van der Waals surface area contributed by atoms with Crippen molar-refractivity contribution >= 4 is 6.29 Å². The molecule has 1 aliphatic carbocycles. The van der Waals surface area contributed by atoms with Gasteiger partial charge in [-0.05, 0) is 42.5 Å². The Morgan fingerprint density at radius 3 is 2.42 bits per heavy atom. The van der Waals surface area contributed by atoms with Crippen molar-refractivity contribution < 1.29 is 13.6 Å². The Bertz CT molecular complexity index is 630. The molecule has 1 aromatic carbocycles. The Kier molecular flexibility index (Phi) is 2.85. The molecule has 3 rings (SSSR count).